The molecule has 11 heavy (non-hydrogen) atoms. The van der Waals surface area contributed by atoms with E-state index in [1.165, 1.54) is 6.33 Å². The molecule has 1 aliphatic rings. The van der Waals surface area contributed by atoms with Crippen molar-refractivity contribution in [2.75, 3.05) is 5.73 Å². The van der Waals surface area contributed by atoms with E-state index in [1.54, 1.807) is 0 Å². The molecule has 0 unspecified atom stereocenters. The molecule has 0 saturated heterocycles. The van der Waals surface area contributed by atoms with E-state index in [9.17, 15) is 0 Å². The zero-order chi connectivity index (χ0) is 7.84. The number of nitrogens with one attached hydrogen (secondary N) is 1. The number of guanidine groups is 1. The van der Waals surface area contributed by atoms with Gasteiger partial charge in [-0.05, 0) is 0 Å². The normalized spacial score (nSPS) is 13.6. The van der Waals surface area contributed by atoms with Gasteiger partial charge in [0, 0.05) is 0 Å². The Kier molecular flexibility index (Phi) is 0.974. The smallest absolute Gasteiger partial charge is 0.244 e. The molecule has 3 N–H and O–H groups in total. The number of nitrogens with two attached hydrogens (primary N) is 1. The second kappa shape index (κ2) is 1.82. The number of hydrogen-bond acceptors (Lipinski definition) is 4. The summed E-state index contributed by atoms with van der Waals surface area (Å²) in [5, 5.41) is 7.47. The molecular weight excluding hydrogens is 144 g/mol. The summed E-state index contributed by atoms with van der Waals surface area (Å²) in [5.41, 5.74) is 5.81. The molecule has 54 valence electrons. The van der Waals surface area contributed by atoms with Gasteiger partial charge in [0.1, 0.15) is 6.33 Å². The quantitative estimate of drug-likeness (QED) is 0.456. The minimum absolute atomic E-state index is 0.0767. The van der Waals surface area contributed by atoms with E-state index in [0.717, 1.165) is 0 Å². The molecule has 1 aromatic heterocycles. The van der Waals surface area contributed by atoms with Gasteiger partial charge in [0.2, 0.25) is 5.96 Å². The van der Waals surface area contributed by atoms with Crippen molar-refractivity contribution < 1.29 is 0 Å². The van der Waals surface area contributed by atoms with E-state index in [2.05, 4.69) is 20.0 Å². The fraction of sp³-hybridized carbons (Fsp3) is 0. The van der Waals surface area contributed by atoms with Crippen molar-refractivity contribution in [1.29, 1.82) is 5.41 Å². The Hall–Kier alpha value is -1.85. The molecule has 0 aliphatic carbocycles. The predicted molar refractivity (Wildman–Crippen MR) is 36.5 cm³/mol. The summed E-state index contributed by atoms with van der Waals surface area (Å²) >= 11 is 0. The van der Waals surface area contributed by atoms with Crippen LogP contribution in [0.5, 0.6) is 0 Å². The molecule has 0 aromatic carbocycles. The molecule has 1 aromatic rings. The summed E-state index contributed by atoms with van der Waals surface area (Å²) in [7, 11) is 0. The fourth-order valence-corrected chi connectivity index (χ4v) is 0.803. The molecule has 1 aliphatic heterocycles. The maximum atomic E-state index is 7.07. The second-order valence-electron chi connectivity index (χ2n) is 1.98. The molecule has 0 bridgehead atoms. The minimum Gasteiger partial charge on any atom is -0.382 e. The molecular formula is C5H4N6. The second-order valence-corrected chi connectivity index (χ2v) is 1.98. The van der Waals surface area contributed by atoms with E-state index in [1.807, 2.05) is 0 Å². The van der Waals surface area contributed by atoms with Gasteiger partial charge in [-0.25, -0.2) is 15.0 Å². The van der Waals surface area contributed by atoms with Crippen molar-refractivity contribution in [2.45, 2.75) is 0 Å². The Labute approximate surface area is 61.0 Å². The topological polar surface area (TPSA) is 100 Å². The van der Waals surface area contributed by atoms with Crippen molar-refractivity contribution in [3.63, 3.8) is 0 Å². The van der Waals surface area contributed by atoms with Crippen LogP contribution in [0.4, 0.5) is 5.82 Å². The lowest BCUT2D eigenvalue weighted by Crippen LogP contribution is -2.29. The number of fused-ring (bicyclic) bond motifs is 1. The zero-order valence-electron chi connectivity index (χ0n) is 5.44. The number of rotatable bonds is 0. The van der Waals surface area contributed by atoms with Crippen LogP contribution in [0.25, 0.3) is 0 Å². The van der Waals surface area contributed by atoms with Gasteiger partial charge in [-0.2, -0.15) is 4.99 Å². The van der Waals surface area contributed by atoms with Crippen LogP contribution < -0.4 is 16.6 Å². The summed E-state index contributed by atoms with van der Waals surface area (Å²) in [6, 6.07) is 0. The van der Waals surface area contributed by atoms with Gasteiger partial charge in [0.25, 0.3) is 0 Å². The summed E-state index contributed by atoms with van der Waals surface area (Å²) in [4.78, 5) is 14.9. The summed E-state index contributed by atoms with van der Waals surface area (Å²) in [6.45, 7) is 0. The van der Waals surface area contributed by atoms with Crippen molar-refractivity contribution in [1.82, 2.24) is 9.97 Å². The van der Waals surface area contributed by atoms with Crippen LogP contribution in [0.15, 0.2) is 16.3 Å². The summed E-state index contributed by atoms with van der Waals surface area (Å²) in [6.07, 6.45) is 1.30. The monoisotopic (exact) mass is 148 g/mol. The Morgan fingerprint density at radius 3 is 2.82 bits per heavy atom. The number of hydrogen-bond donors (Lipinski definition) is 2. The summed E-state index contributed by atoms with van der Waals surface area (Å²) in [5.74, 6) is 0.188. The lowest BCUT2D eigenvalue weighted by Gasteiger charge is -1.85. The van der Waals surface area contributed by atoms with Crippen LogP contribution >= 0.6 is 0 Å². The van der Waals surface area contributed by atoms with Crippen LogP contribution in [-0.4, -0.2) is 15.9 Å². The van der Waals surface area contributed by atoms with E-state index in [4.69, 9.17) is 11.1 Å². The highest BCUT2D eigenvalue weighted by Crippen LogP contribution is 1.83. The SMILES string of the molecule is N=C1N=c2ncnc(N)c2=N1. The predicted octanol–water partition coefficient (Wildman–Crippen LogP) is -1.75. The van der Waals surface area contributed by atoms with Crippen molar-refractivity contribution in [3.05, 3.63) is 17.2 Å². The molecule has 0 saturated carbocycles. The fourth-order valence-electron chi connectivity index (χ4n) is 0.803. The average molecular weight is 148 g/mol. The first-order valence-corrected chi connectivity index (χ1v) is 2.90. The first-order chi connectivity index (χ1) is 5.27. The molecule has 2 heterocycles. The maximum absolute atomic E-state index is 7.07. The van der Waals surface area contributed by atoms with Gasteiger partial charge in [-0.3, -0.25) is 5.41 Å². The molecule has 0 amide bonds. The van der Waals surface area contributed by atoms with Crippen LogP contribution in [-0.2, 0) is 0 Å². The Morgan fingerprint density at radius 1 is 1.27 bits per heavy atom. The van der Waals surface area contributed by atoms with Crippen LogP contribution in [0.3, 0.4) is 0 Å². The number of aromatic nitrogens is 2. The van der Waals surface area contributed by atoms with Gasteiger partial charge in [0.15, 0.2) is 16.7 Å². The van der Waals surface area contributed by atoms with Crippen LogP contribution in [0.1, 0.15) is 0 Å². The first kappa shape index (κ1) is 5.90. The molecule has 0 radical (unpaired) electrons. The largest absolute Gasteiger partial charge is 0.382 e. The third-order valence-electron chi connectivity index (χ3n) is 1.26. The van der Waals surface area contributed by atoms with Crippen molar-refractivity contribution in [2.24, 2.45) is 9.98 Å². The lowest BCUT2D eigenvalue weighted by atomic mass is 10.5. The van der Waals surface area contributed by atoms with Crippen molar-refractivity contribution >= 4 is 11.8 Å². The van der Waals surface area contributed by atoms with Gasteiger partial charge in [-0.15, -0.1) is 0 Å². The molecule has 6 nitrogen and oxygen atoms in total. The summed E-state index contributed by atoms with van der Waals surface area (Å²) < 4.78 is 0. The Balaban J connectivity index is 2.97. The molecule has 2 rings (SSSR count). The third-order valence-corrected chi connectivity index (χ3v) is 1.26. The molecule has 0 atom stereocenters. The van der Waals surface area contributed by atoms with Crippen LogP contribution in [0, 0.1) is 5.41 Å². The highest BCUT2D eigenvalue weighted by molar-refractivity contribution is 5.80. The number of nitrogens with zero attached hydrogens (tertiary/aromatic N) is 4. The minimum atomic E-state index is -0.0767. The Bertz CT molecular complexity index is 433. The van der Waals surface area contributed by atoms with Gasteiger partial charge in [0.05, 0.1) is 0 Å². The van der Waals surface area contributed by atoms with E-state index >= 15 is 0 Å². The van der Waals surface area contributed by atoms with E-state index < -0.39 is 0 Å². The van der Waals surface area contributed by atoms with Crippen molar-refractivity contribution in [3.8, 4) is 0 Å². The van der Waals surface area contributed by atoms with E-state index in [0.29, 0.717) is 10.8 Å². The average Bonchev–Trinajstić information content (AvgIpc) is 2.31. The number of nitrogen functional groups attached to an aromatic ring is 1. The lowest BCUT2D eigenvalue weighted by molar-refractivity contribution is 1.06. The van der Waals surface area contributed by atoms with Gasteiger partial charge >= 0.3 is 0 Å². The maximum Gasteiger partial charge on any atom is 0.244 e. The van der Waals surface area contributed by atoms with E-state index in [-0.39, 0.29) is 11.8 Å². The molecule has 6 heteroatoms. The van der Waals surface area contributed by atoms with Gasteiger partial charge < -0.3 is 5.73 Å². The van der Waals surface area contributed by atoms with Gasteiger partial charge in [-0.1, -0.05) is 0 Å². The standard InChI is InChI=1S/C5H4N6/c6-3-2-4(9-1-8-3)11-5(7)10-2/h1H,(H3,6,7,8,9,11). The zero-order valence-corrected chi connectivity index (χ0v) is 5.44. The third kappa shape index (κ3) is 0.759. The highest BCUT2D eigenvalue weighted by Gasteiger charge is 2.05. The Morgan fingerprint density at radius 2 is 2.09 bits per heavy atom. The molecule has 0 fully saturated rings. The highest BCUT2D eigenvalue weighted by atomic mass is 15.1. The molecule has 0 spiro atoms. The van der Waals surface area contributed by atoms with Crippen LogP contribution in [0.2, 0.25) is 0 Å². The first-order valence-electron chi connectivity index (χ1n) is 2.90. The number of anilines is 1.